The standard InChI is InChI=1S/C16H24N2O6S/c1-4-5-6-7-8-11(2)13-9-12(17(21)22)10-14(18(23)24)15(13)25(3)16(19)20/h9-11,19-20H,4-8H2,1-3H3. The van der Waals surface area contributed by atoms with E-state index in [9.17, 15) is 30.4 Å². The van der Waals surface area contributed by atoms with Gasteiger partial charge in [-0.1, -0.05) is 50.0 Å². The van der Waals surface area contributed by atoms with Crippen LogP contribution in [0.4, 0.5) is 11.4 Å². The van der Waals surface area contributed by atoms with Crippen molar-refractivity contribution in [2.75, 3.05) is 6.26 Å². The van der Waals surface area contributed by atoms with Crippen LogP contribution in [0.2, 0.25) is 0 Å². The number of unbranched alkanes of at least 4 members (excludes halogenated alkanes) is 3. The minimum Gasteiger partial charge on any atom is -0.336 e. The fourth-order valence-electron chi connectivity index (χ4n) is 2.68. The molecule has 1 rings (SSSR count). The van der Waals surface area contributed by atoms with E-state index in [1.807, 2.05) is 6.92 Å². The van der Waals surface area contributed by atoms with Crippen LogP contribution in [0.1, 0.15) is 57.4 Å². The first kappa shape index (κ1) is 21.2. The van der Waals surface area contributed by atoms with Gasteiger partial charge in [-0.3, -0.25) is 20.2 Å². The molecule has 8 nitrogen and oxygen atoms in total. The highest BCUT2D eigenvalue weighted by atomic mass is 32.2. The van der Waals surface area contributed by atoms with Crippen LogP contribution in [0.3, 0.4) is 0 Å². The van der Waals surface area contributed by atoms with Crippen LogP contribution in [0.15, 0.2) is 17.0 Å². The van der Waals surface area contributed by atoms with Crippen molar-refractivity contribution < 1.29 is 20.1 Å². The molecule has 1 aromatic rings. The number of nitrogens with zero attached hydrogens (tertiary/aromatic N) is 2. The number of hydrogen-bond acceptors (Lipinski definition) is 4. The Labute approximate surface area is 148 Å². The van der Waals surface area contributed by atoms with Crippen molar-refractivity contribution in [3.8, 4) is 0 Å². The van der Waals surface area contributed by atoms with Gasteiger partial charge < -0.3 is 10.2 Å². The highest BCUT2D eigenvalue weighted by molar-refractivity contribution is 8.15. The van der Waals surface area contributed by atoms with Gasteiger partial charge in [0, 0.05) is 6.07 Å². The molecule has 0 aliphatic rings. The monoisotopic (exact) mass is 372 g/mol. The highest BCUT2D eigenvalue weighted by Gasteiger charge is 2.28. The number of nitro benzene ring substituents is 2. The predicted molar refractivity (Wildman–Crippen MR) is 99.0 cm³/mol. The van der Waals surface area contributed by atoms with Crippen molar-refractivity contribution in [3.63, 3.8) is 0 Å². The fraction of sp³-hybridized carbons (Fsp3) is 0.562. The minimum atomic E-state index is -1.32. The third-order valence-corrected chi connectivity index (χ3v) is 5.70. The lowest BCUT2D eigenvalue weighted by atomic mass is 9.94. The van der Waals surface area contributed by atoms with Gasteiger partial charge in [-0.2, -0.15) is 0 Å². The van der Waals surface area contributed by atoms with Gasteiger partial charge in [0.25, 0.3) is 11.4 Å². The Bertz CT molecular complexity index is 685. The summed E-state index contributed by atoms with van der Waals surface area (Å²) in [4.78, 5) is 21.3. The SMILES string of the molecule is CCCCCCC(C)c1cc([N+](=O)[O-])cc([N+](=O)[O-])c1S(C)=C(O)O. The molecule has 2 N–H and O–H groups in total. The largest absolute Gasteiger partial charge is 0.336 e. The summed E-state index contributed by atoms with van der Waals surface area (Å²) in [5.41, 5.74) is -0.375. The highest BCUT2D eigenvalue weighted by Crippen LogP contribution is 2.43. The zero-order chi connectivity index (χ0) is 19.1. The van der Waals surface area contributed by atoms with E-state index in [1.54, 1.807) is 0 Å². The molecule has 2 unspecified atom stereocenters. The molecular formula is C16H24N2O6S. The lowest BCUT2D eigenvalue weighted by Crippen LogP contribution is -2.05. The normalized spacial score (nSPS) is 13.3. The molecule has 140 valence electrons. The number of nitro groups is 2. The van der Waals surface area contributed by atoms with Crippen LogP contribution >= 0.6 is 10.5 Å². The molecule has 0 spiro atoms. The van der Waals surface area contributed by atoms with Gasteiger partial charge in [0.2, 0.25) is 5.24 Å². The predicted octanol–water partition coefficient (Wildman–Crippen LogP) is 5.04. The Morgan fingerprint density at radius 3 is 2.28 bits per heavy atom. The molecule has 0 aromatic heterocycles. The summed E-state index contributed by atoms with van der Waals surface area (Å²) in [6.07, 6.45) is 6.25. The van der Waals surface area contributed by atoms with E-state index in [4.69, 9.17) is 0 Å². The number of hydrogen-bond donors (Lipinski definition) is 2. The summed E-state index contributed by atoms with van der Waals surface area (Å²) in [5, 5.41) is 40.5. The zero-order valence-corrected chi connectivity index (χ0v) is 15.4. The van der Waals surface area contributed by atoms with Crippen LogP contribution in [0.25, 0.3) is 0 Å². The lowest BCUT2D eigenvalue weighted by molar-refractivity contribution is -0.396. The molecule has 0 saturated heterocycles. The van der Waals surface area contributed by atoms with Crippen molar-refractivity contribution in [3.05, 3.63) is 37.9 Å². The van der Waals surface area contributed by atoms with E-state index < -0.39 is 31.3 Å². The number of aliphatic hydroxyl groups is 2. The molecule has 1 aromatic carbocycles. The van der Waals surface area contributed by atoms with Gasteiger partial charge in [-0.05, 0) is 24.2 Å². The van der Waals surface area contributed by atoms with Crippen molar-refractivity contribution in [2.24, 2.45) is 0 Å². The average molecular weight is 372 g/mol. The lowest BCUT2D eigenvalue weighted by Gasteiger charge is -2.17. The van der Waals surface area contributed by atoms with E-state index in [-0.39, 0.29) is 16.5 Å². The van der Waals surface area contributed by atoms with E-state index in [0.29, 0.717) is 12.0 Å². The summed E-state index contributed by atoms with van der Waals surface area (Å²) < 4.78 is 0. The Balaban J connectivity index is 3.47. The number of aliphatic hydroxyl groups excluding tert-OH is 1. The second-order valence-electron chi connectivity index (χ2n) is 5.94. The van der Waals surface area contributed by atoms with Gasteiger partial charge in [0.15, 0.2) is 0 Å². The third-order valence-electron chi connectivity index (χ3n) is 4.09. The van der Waals surface area contributed by atoms with E-state index in [0.717, 1.165) is 31.7 Å². The molecule has 0 saturated carbocycles. The molecule has 2 atom stereocenters. The van der Waals surface area contributed by atoms with Crippen LogP contribution in [-0.2, 0) is 0 Å². The molecule has 0 fully saturated rings. The molecule has 0 heterocycles. The summed E-state index contributed by atoms with van der Waals surface area (Å²) in [6.45, 7) is 3.94. The van der Waals surface area contributed by atoms with Gasteiger partial charge in [0.05, 0.1) is 20.8 Å². The number of non-ortho nitro benzene ring substituents is 1. The van der Waals surface area contributed by atoms with E-state index >= 15 is 0 Å². The van der Waals surface area contributed by atoms with Gasteiger partial charge in [-0.25, -0.2) is 0 Å². The average Bonchev–Trinajstić information content (AvgIpc) is 2.56. The smallest absolute Gasteiger partial charge is 0.289 e. The van der Waals surface area contributed by atoms with E-state index in [2.05, 4.69) is 6.92 Å². The second-order valence-corrected chi connectivity index (χ2v) is 7.73. The summed E-state index contributed by atoms with van der Waals surface area (Å²) in [5.74, 6) is -0.167. The molecule has 25 heavy (non-hydrogen) atoms. The number of rotatable bonds is 9. The van der Waals surface area contributed by atoms with Crippen molar-refractivity contribution in [2.45, 2.75) is 56.8 Å². The van der Waals surface area contributed by atoms with Crippen molar-refractivity contribution in [1.82, 2.24) is 0 Å². The Morgan fingerprint density at radius 2 is 1.80 bits per heavy atom. The second kappa shape index (κ2) is 9.59. The molecule has 0 aliphatic heterocycles. The van der Waals surface area contributed by atoms with Crippen LogP contribution in [0, 0.1) is 20.2 Å². The summed E-state index contributed by atoms with van der Waals surface area (Å²) in [7, 11) is -1.32. The first-order valence-corrected chi connectivity index (χ1v) is 9.71. The Morgan fingerprint density at radius 1 is 1.16 bits per heavy atom. The summed E-state index contributed by atoms with van der Waals surface area (Å²) >= 11 is 0. The zero-order valence-electron chi connectivity index (χ0n) is 14.6. The maximum atomic E-state index is 11.4. The van der Waals surface area contributed by atoms with Crippen LogP contribution in [0.5, 0.6) is 0 Å². The maximum Gasteiger partial charge on any atom is 0.289 e. The van der Waals surface area contributed by atoms with Crippen LogP contribution < -0.4 is 0 Å². The maximum absolute atomic E-state index is 11.4. The molecule has 0 radical (unpaired) electrons. The molecule has 0 aliphatic carbocycles. The molecular weight excluding hydrogens is 348 g/mol. The fourth-order valence-corrected chi connectivity index (χ4v) is 3.93. The number of benzene rings is 1. The quantitative estimate of drug-likeness (QED) is 0.271. The van der Waals surface area contributed by atoms with Crippen LogP contribution in [-0.4, -0.2) is 31.6 Å². The molecule has 9 heteroatoms. The Kier molecular flexibility index (Phi) is 8.14. The molecule has 0 amide bonds. The van der Waals surface area contributed by atoms with Crippen molar-refractivity contribution >= 4 is 27.1 Å². The van der Waals surface area contributed by atoms with Gasteiger partial charge in [0.1, 0.15) is 0 Å². The Hall–Kier alpha value is -1.84. The summed E-state index contributed by atoms with van der Waals surface area (Å²) in [6, 6.07) is 2.20. The first-order chi connectivity index (χ1) is 11.7. The third kappa shape index (κ3) is 5.58. The van der Waals surface area contributed by atoms with E-state index in [1.165, 1.54) is 12.3 Å². The van der Waals surface area contributed by atoms with Crippen molar-refractivity contribution in [1.29, 1.82) is 0 Å². The molecule has 0 bridgehead atoms. The van der Waals surface area contributed by atoms with Gasteiger partial charge in [-0.15, -0.1) is 0 Å². The van der Waals surface area contributed by atoms with Gasteiger partial charge >= 0.3 is 0 Å². The minimum absolute atomic E-state index is 0.151. The topological polar surface area (TPSA) is 127 Å². The first-order valence-electron chi connectivity index (χ1n) is 8.08.